The Morgan fingerprint density at radius 2 is 1.71 bits per heavy atom. The average Bonchev–Trinajstić information content (AvgIpc) is 2.88. The summed E-state index contributed by atoms with van der Waals surface area (Å²) in [5.41, 5.74) is 0.115. The van der Waals surface area contributed by atoms with E-state index >= 15 is 0 Å². The summed E-state index contributed by atoms with van der Waals surface area (Å²) in [6, 6.07) is 0. The third-order valence-electron chi connectivity index (χ3n) is 8.76. The van der Waals surface area contributed by atoms with Crippen molar-refractivity contribution in [2.24, 2.45) is 40.9 Å². The maximum Gasteiger partial charge on any atom is 0.0787 e. The van der Waals surface area contributed by atoms with E-state index in [-0.39, 0.29) is 5.60 Å². The molecule has 1 N–H and O–H groups in total. The van der Waals surface area contributed by atoms with Crippen LogP contribution in [-0.4, -0.2) is 17.8 Å². The van der Waals surface area contributed by atoms with Gasteiger partial charge in [0.05, 0.1) is 19.0 Å². The molecule has 0 aromatic rings. The Morgan fingerprint density at radius 3 is 2.50 bits per heavy atom. The Hall–Kier alpha value is -0.500. The monoisotopic (exact) mass is 332 g/mol. The van der Waals surface area contributed by atoms with Crippen LogP contribution in [0.25, 0.3) is 0 Å². The van der Waals surface area contributed by atoms with Gasteiger partial charge in [-0.3, -0.25) is 0 Å². The van der Waals surface area contributed by atoms with Gasteiger partial charge in [0.15, 0.2) is 0 Å². The van der Waals surface area contributed by atoms with Crippen LogP contribution in [0, 0.1) is 40.9 Å². The van der Waals surface area contributed by atoms with Gasteiger partial charge in [0.1, 0.15) is 0 Å². The van der Waals surface area contributed by atoms with E-state index in [1.807, 2.05) is 6.26 Å². The number of fused-ring (bicyclic) bond motifs is 5. The average molecular weight is 333 g/mol. The summed E-state index contributed by atoms with van der Waals surface area (Å²) in [5.74, 6) is 5.24. The van der Waals surface area contributed by atoms with Gasteiger partial charge in [-0.15, -0.1) is 0 Å². The van der Waals surface area contributed by atoms with Crippen molar-refractivity contribution in [2.75, 3.05) is 7.11 Å². The quantitative estimate of drug-likeness (QED) is 0.707. The maximum absolute atomic E-state index is 10.5. The SMILES string of the molecule is CO/C=C\[C@H]1CC[C@H]2[C@@H]3CC[C@@H]4C[C@](C)(O)CC[C@@H]4[C@H]3CC[C@]12C. The molecule has 0 aliphatic heterocycles. The Labute approximate surface area is 148 Å². The van der Waals surface area contributed by atoms with Crippen molar-refractivity contribution in [1.29, 1.82) is 0 Å². The number of methoxy groups -OCH3 is 1. The molecule has 0 amide bonds. The lowest BCUT2D eigenvalue weighted by molar-refractivity contribution is -0.0973. The summed E-state index contributed by atoms with van der Waals surface area (Å²) in [6.45, 7) is 4.64. The van der Waals surface area contributed by atoms with Gasteiger partial charge in [0.2, 0.25) is 0 Å². The minimum absolute atomic E-state index is 0.388. The molecule has 4 rings (SSSR count). The van der Waals surface area contributed by atoms with E-state index in [1.165, 1.54) is 44.9 Å². The highest BCUT2D eigenvalue weighted by atomic mass is 16.5. The first-order valence-corrected chi connectivity index (χ1v) is 10.4. The fourth-order valence-electron chi connectivity index (χ4n) is 7.61. The Kier molecular flexibility index (Phi) is 4.26. The van der Waals surface area contributed by atoms with Crippen LogP contribution in [0.5, 0.6) is 0 Å². The predicted octanol–water partition coefficient (Wildman–Crippen LogP) is 5.17. The molecular weight excluding hydrogens is 296 g/mol. The zero-order valence-electron chi connectivity index (χ0n) is 15.8. The molecule has 2 nitrogen and oxygen atoms in total. The molecule has 4 aliphatic rings. The lowest BCUT2D eigenvalue weighted by Gasteiger charge is -2.56. The van der Waals surface area contributed by atoms with Gasteiger partial charge < -0.3 is 9.84 Å². The number of hydrogen-bond donors (Lipinski definition) is 1. The van der Waals surface area contributed by atoms with E-state index in [9.17, 15) is 5.11 Å². The van der Waals surface area contributed by atoms with Gasteiger partial charge in [-0.2, -0.15) is 0 Å². The number of rotatable bonds is 2. The molecule has 0 unspecified atom stereocenters. The Morgan fingerprint density at radius 1 is 0.917 bits per heavy atom. The lowest BCUT2D eigenvalue weighted by Crippen LogP contribution is -2.50. The third kappa shape index (κ3) is 2.64. The smallest absolute Gasteiger partial charge is 0.0787 e. The predicted molar refractivity (Wildman–Crippen MR) is 97.4 cm³/mol. The summed E-state index contributed by atoms with van der Waals surface area (Å²) in [5, 5.41) is 10.5. The van der Waals surface area contributed by atoms with Gasteiger partial charge in [0.25, 0.3) is 0 Å². The van der Waals surface area contributed by atoms with E-state index in [4.69, 9.17) is 4.74 Å². The van der Waals surface area contributed by atoms with Crippen LogP contribution >= 0.6 is 0 Å². The zero-order chi connectivity index (χ0) is 16.9. The van der Waals surface area contributed by atoms with Crippen LogP contribution in [0.3, 0.4) is 0 Å². The molecule has 0 radical (unpaired) electrons. The highest BCUT2D eigenvalue weighted by Gasteiger charge is 2.56. The molecule has 4 fully saturated rings. The molecule has 0 aromatic carbocycles. The number of aliphatic hydroxyl groups is 1. The van der Waals surface area contributed by atoms with Gasteiger partial charge in [-0.05, 0) is 112 Å². The van der Waals surface area contributed by atoms with Crippen molar-refractivity contribution in [3.05, 3.63) is 12.3 Å². The molecule has 0 heterocycles. The Bertz CT molecular complexity index is 496. The number of ether oxygens (including phenoxy) is 1. The fraction of sp³-hybridized carbons (Fsp3) is 0.909. The van der Waals surface area contributed by atoms with E-state index in [0.29, 0.717) is 11.3 Å². The first kappa shape index (κ1) is 16.9. The standard InChI is InChI=1S/C22H36O2/c1-21(23)11-8-17-15(14-21)4-6-19-18(17)9-12-22(2)16(10-13-24-3)5-7-20(19)22/h10,13,15-20,23H,4-9,11-12,14H2,1-3H3/b13-10-/t15-,16-,17+,18-,19-,20+,21-,22-/m1/s1. The van der Waals surface area contributed by atoms with Gasteiger partial charge >= 0.3 is 0 Å². The molecule has 0 bridgehead atoms. The minimum atomic E-state index is -0.388. The fourth-order valence-corrected chi connectivity index (χ4v) is 7.61. The molecule has 0 saturated heterocycles. The zero-order valence-corrected chi connectivity index (χ0v) is 15.8. The summed E-state index contributed by atoms with van der Waals surface area (Å²) in [4.78, 5) is 0. The van der Waals surface area contributed by atoms with E-state index in [0.717, 1.165) is 42.4 Å². The molecule has 0 spiro atoms. The molecule has 8 atom stereocenters. The van der Waals surface area contributed by atoms with Crippen molar-refractivity contribution < 1.29 is 9.84 Å². The van der Waals surface area contributed by atoms with E-state index < -0.39 is 0 Å². The van der Waals surface area contributed by atoms with E-state index in [1.54, 1.807) is 7.11 Å². The molecule has 4 aliphatic carbocycles. The highest BCUT2D eigenvalue weighted by molar-refractivity contribution is 5.10. The number of hydrogen-bond acceptors (Lipinski definition) is 2. The molecule has 2 heteroatoms. The largest absolute Gasteiger partial charge is 0.505 e. The summed E-state index contributed by atoms with van der Waals surface area (Å²) in [6.07, 6.45) is 16.0. The van der Waals surface area contributed by atoms with Crippen LogP contribution in [0.1, 0.15) is 71.6 Å². The summed E-state index contributed by atoms with van der Waals surface area (Å²) in [7, 11) is 1.77. The van der Waals surface area contributed by atoms with Crippen molar-refractivity contribution >= 4 is 0 Å². The summed E-state index contributed by atoms with van der Waals surface area (Å²) < 4.78 is 5.22. The molecule has 4 saturated carbocycles. The van der Waals surface area contributed by atoms with Gasteiger partial charge in [-0.25, -0.2) is 0 Å². The first-order chi connectivity index (χ1) is 11.4. The van der Waals surface area contributed by atoms with Crippen LogP contribution in [-0.2, 0) is 4.74 Å². The summed E-state index contributed by atoms with van der Waals surface area (Å²) >= 11 is 0. The third-order valence-corrected chi connectivity index (χ3v) is 8.76. The van der Waals surface area contributed by atoms with Crippen LogP contribution in [0.4, 0.5) is 0 Å². The molecule has 0 aromatic heterocycles. The molecular formula is C22H36O2. The maximum atomic E-state index is 10.5. The molecule has 136 valence electrons. The highest BCUT2D eigenvalue weighted by Crippen LogP contribution is 2.64. The molecule has 24 heavy (non-hydrogen) atoms. The van der Waals surface area contributed by atoms with Gasteiger partial charge in [0, 0.05) is 0 Å². The van der Waals surface area contributed by atoms with Crippen molar-refractivity contribution in [1.82, 2.24) is 0 Å². The normalized spacial score (nSPS) is 54.2. The van der Waals surface area contributed by atoms with Crippen molar-refractivity contribution in [2.45, 2.75) is 77.2 Å². The number of allylic oxidation sites excluding steroid dienone is 1. The van der Waals surface area contributed by atoms with Crippen molar-refractivity contribution in [3.8, 4) is 0 Å². The topological polar surface area (TPSA) is 29.5 Å². The first-order valence-electron chi connectivity index (χ1n) is 10.4. The second kappa shape index (κ2) is 6.04. The Balaban J connectivity index is 1.52. The van der Waals surface area contributed by atoms with Crippen LogP contribution in [0.15, 0.2) is 12.3 Å². The second-order valence-electron chi connectivity index (χ2n) is 9.97. The van der Waals surface area contributed by atoms with Crippen molar-refractivity contribution in [3.63, 3.8) is 0 Å². The second-order valence-corrected chi connectivity index (χ2v) is 9.97. The lowest BCUT2D eigenvalue weighted by atomic mass is 9.49. The van der Waals surface area contributed by atoms with Crippen LogP contribution in [0.2, 0.25) is 0 Å². The van der Waals surface area contributed by atoms with Gasteiger partial charge in [-0.1, -0.05) is 6.92 Å². The van der Waals surface area contributed by atoms with E-state index in [2.05, 4.69) is 19.9 Å². The minimum Gasteiger partial charge on any atom is -0.505 e. The van der Waals surface area contributed by atoms with Crippen LogP contribution < -0.4 is 0 Å².